The molecule has 108 valence electrons. The van der Waals surface area contributed by atoms with E-state index in [4.69, 9.17) is 9.26 Å². The van der Waals surface area contributed by atoms with Crippen molar-refractivity contribution in [3.05, 3.63) is 35.7 Å². The van der Waals surface area contributed by atoms with E-state index >= 15 is 0 Å². The lowest BCUT2D eigenvalue weighted by Crippen LogP contribution is -2.12. The van der Waals surface area contributed by atoms with Crippen LogP contribution in [-0.2, 0) is 19.6 Å². The highest BCUT2D eigenvalue weighted by Gasteiger charge is 2.06. The Morgan fingerprint density at radius 3 is 2.90 bits per heavy atom. The number of rotatable bonds is 8. The predicted molar refractivity (Wildman–Crippen MR) is 74.2 cm³/mol. The van der Waals surface area contributed by atoms with E-state index in [1.165, 1.54) is 0 Å². The van der Waals surface area contributed by atoms with Crippen LogP contribution in [0.25, 0.3) is 0 Å². The highest BCUT2D eigenvalue weighted by Crippen LogP contribution is 2.11. The maximum Gasteiger partial charge on any atom is 0.264 e. The summed E-state index contributed by atoms with van der Waals surface area (Å²) in [4.78, 5) is 8.55. The van der Waals surface area contributed by atoms with Crippen LogP contribution < -0.4 is 10.1 Å². The van der Waals surface area contributed by atoms with Gasteiger partial charge < -0.3 is 14.6 Å². The fourth-order valence-electron chi connectivity index (χ4n) is 1.67. The summed E-state index contributed by atoms with van der Waals surface area (Å²) in [7, 11) is 0. The molecule has 2 rings (SSSR count). The molecule has 1 N–H and O–H groups in total. The van der Waals surface area contributed by atoms with Crippen LogP contribution in [0.4, 0.5) is 0 Å². The predicted octanol–water partition coefficient (Wildman–Crippen LogP) is 2.11. The maximum absolute atomic E-state index is 5.56. The molecular formula is C14H20N4O2. The van der Waals surface area contributed by atoms with Crippen molar-refractivity contribution in [1.82, 2.24) is 20.4 Å². The van der Waals surface area contributed by atoms with Crippen LogP contribution >= 0.6 is 0 Å². The van der Waals surface area contributed by atoms with Gasteiger partial charge in [0.25, 0.3) is 5.89 Å². The number of hydrogen-bond donors (Lipinski definition) is 1. The van der Waals surface area contributed by atoms with E-state index in [0.29, 0.717) is 11.6 Å². The number of aryl methyl sites for hydroxylation is 1. The molecule has 6 nitrogen and oxygen atoms in total. The van der Waals surface area contributed by atoms with Crippen LogP contribution in [0, 0.1) is 0 Å². The van der Waals surface area contributed by atoms with Gasteiger partial charge in [-0.15, -0.1) is 0 Å². The monoisotopic (exact) mass is 276 g/mol. The highest BCUT2D eigenvalue weighted by atomic mass is 16.5. The Morgan fingerprint density at radius 1 is 1.30 bits per heavy atom. The Balaban J connectivity index is 1.83. The first-order chi connectivity index (χ1) is 9.81. The van der Waals surface area contributed by atoms with Crippen molar-refractivity contribution in [1.29, 1.82) is 0 Å². The molecule has 0 aromatic carbocycles. The van der Waals surface area contributed by atoms with E-state index in [1.54, 1.807) is 6.20 Å². The van der Waals surface area contributed by atoms with E-state index in [1.807, 2.05) is 12.1 Å². The SMILES string of the molecule is CCCc1noc(COc2ccc(CNCC)nc2)n1. The fraction of sp³-hybridized carbons (Fsp3) is 0.500. The molecule has 2 heterocycles. The smallest absolute Gasteiger partial charge is 0.264 e. The molecule has 0 bridgehead atoms. The fourth-order valence-corrected chi connectivity index (χ4v) is 1.67. The van der Waals surface area contributed by atoms with E-state index < -0.39 is 0 Å². The molecule has 2 aromatic rings. The molecule has 2 aromatic heterocycles. The minimum Gasteiger partial charge on any atom is -0.482 e. The number of hydrogen-bond acceptors (Lipinski definition) is 6. The van der Waals surface area contributed by atoms with Crippen LogP contribution in [0.15, 0.2) is 22.9 Å². The topological polar surface area (TPSA) is 73.1 Å². The second-order valence-corrected chi connectivity index (χ2v) is 4.41. The molecule has 0 atom stereocenters. The van der Waals surface area contributed by atoms with Crippen molar-refractivity contribution in [3.8, 4) is 5.75 Å². The zero-order valence-electron chi connectivity index (χ0n) is 11.9. The number of aromatic nitrogens is 3. The number of nitrogens with zero attached hydrogens (tertiary/aromatic N) is 3. The lowest BCUT2D eigenvalue weighted by atomic mass is 10.3. The summed E-state index contributed by atoms with van der Waals surface area (Å²) in [5.74, 6) is 1.91. The quantitative estimate of drug-likeness (QED) is 0.796. The van der Waals surface area contributed by atoms with Crippen molar-refractivity contribution in [2.24, 2.45) is 0 Å². The molecule has 0 aliphatic heterocycles. The molecule has 0 radical (unpaired) electrons. The van der Waals surface area contributed by atoms with Gasteiger partial charge in [0, 0.05) is 13.0 Å². The van der Waals surface area contributed by atoms with Crippen molar-refractivity contribution >= 4 is 0 Å². The third-order valence-corrected chi connectivity index (χ3v) is 2.70. The highest BCUT2D eigenvalue weighted by molar-refractivity contribution is 5.19. The molecule has 0 saturated carbocycles. The average molecular weight is 276 g/mol. The molecule has 0 saturated heterocycles. The van der Waals surface area contributed by atoms with Gasteiger partial charge in [-0.25, -0.2) is 0 Å². The lowest BCUT2D eigenvalue weighted by molar-refractivity contribution is 0.241. The molecule has 0 unspecified atom stereocenters. The van der Waals surface area contributed by atoms with Gasteiger partial charge in [-0.2, -0.15) is 4.98 Å². The largest absolute Gasteiger partial charge is 0.482 e. The van der Waals surface area contributed by atoms with Crippen LogP contribution in [0.3, 0.4) is 0 Å². The van der Waals surface area contributed by atoms with E-state index in [0.717, 1.165) is 37.4 Å². The molecule has 0 fully saturated rings. The van der Waals surface area contributed by atoms with E-state index in [2.05, 4.69) is 34.3 Å². The number of pyridine rings is 1. The van der Waals surface area contributed by atoms with Gasteiger partial charge in [-0.3, -0.25) is 4.98 Å². The second kappa shape index (κ2) is 7.59. The van der Waals surface area contributed by atoms with Gasteiger partial charge >= 0.3 is 0 Å². The Kier molecular flexibility index (Phi) is 5.49. The van der Waals surface area contributed by atoms with Gasteiger partial charge in [0.1, 0.15) is 5.75 Å². The van der Waals surface area contributed by atoms with Crippen molar-refractivity contribution in [3.63, 3.8) is 0 Å². The Hall–Kier alpha value is -1.95. The van der Waals surface area contributed by atoms with Crippen molar-refractivity contribution in [2.75, 3.05) is 6.54 Å². The van der Waals surface area contributed by atoms with Crippen LogP contribution in [0.2, 0.25) is 0 Å². The summed E-state index contributed by atoms with van der Waals surface area (Å²) in [5, 5.41) is 7.10. The standard InChI is InChI=1S/C14H20N4O2/c1-3-5-13-17-14(20-18-13)10-19-12-7-6-11(16-9-12)8-15-4-2/h6-7,9,15H,3-5,8,10H2,1-2H3. The van der Waals surface area contributed by atoms with Gasteiger partial charge in [-0.1, -0.05) is 19.0 Å². The van der Waals surface area contributed by atoms with Crippen LogP contribution in [0.5, 0.6) is 5.75 Å². The Morgan fingerprint density at radius 2 is 2.20 bits per heavy atom. The second-order valence-electron chi connectivity index (χ2n) is 4.41. The molecule has 20 heavy (non-hydrogen) atoms. The van der Waals surface area contributed by atoms with Crippen LogP contribution in [-0.4, -0.2) is 21.7 Å². The molecule has 0 amide bonds. The van der Waals surface area contributed by atoms with Crippen LogP contribution in [0.1, 0.15) is 37.7 Å². The van der Waals surface area contributed by atoms with E-state index in [-0.39, 0.29) is 6.61 Å². The summed E-state index contributed by atoms with van der Waals surface area (Å²) >= 11 is 0. The first-order valence-electron chi connectivity index (χ1n) is 6.91. The van der Waals surface area contributed by atoms with Crippen molar-refractivity contribution < 1.29 is 9.26 Å². The molecular weight excluding hydrogens is 256 g/mol. The average Bonchev–Trinajstić information content (AvgIpc) is 2.92. The zero-order chi connectivity index (χ0) is 14.2. The Labute approximate surface area is 118 Å². The first kappa shape index (κ1) is 14.5. The Bertz CT molecular complexity index is 510. The third kappa shape index (κ3) is 4.31. The molecule has 6 heteroatoms. The summed E-state index contributed by atoms with van der Waals surface area (Å²) < 4.78 is 10.7. The summed E-state index contributed by atoms with van der Waals surface area (Å²) in [6.45, 7) is 6.10. The molecule has 0 spiro atoms. The maximum atomic E-state index is 5.56. The third-order valence-electron chi connectivity index (χ3n) is 2.70. The normalized spacial score (nSPS) is 10.7. The van der Waals surface area contributed by atoms with Gasteiger partial charge in [0.15, 0.2) is 12.4 Å². The zero-order valence-corrected chi connectivity index (χ0v) is 11.9. The number of ether oxygens (including phenoxy) is 1. The first-order valence-corrected chi connectivity index (χ1v) is 6.91. The summed E-state index contributed by atoms with van der Waals surface area (Å²) in [6, 6.07) is 3.83. The number of nitrogens with one attached hydrogen (secondary N) is 1. The van der Waals surface area contributed by atoms with E-state index in [9.17, 15) is 0 Å². The molecule has 0 aliphatic carbocycles. The lowest BCUT2D eigenvalue weighted by Gasteiger charge is -2.04. The molecule has 0 aliphatic rings. The minimum absolute atomic E-state index is 0.269. The van der Waals surface area contributed by atoms with Gasteiger partial charge in [-0.05, 0) is 25.1 Å². The van der Waals surface area contributed by atoms with Gasteiger partial charge in [0.05, 0.1) is 11.9 Å². The summed E-state index contributed by atoms with van der Waals surface area (Å²) in [5.41, 5.74) is 0.988. The van der Waals surface area contributed by atoms with Gasteiger partial charge in [0.2, 0.25) is 0 Å². The van der Waals surface area contributed by atoms with Crippen molar-refractivity contribution in [2.45, 2.75) is 39.8 Å². The minimum atomic E-state index is 0.269. The summed E-state index contributed by atoms with van der Waals surface area (Å²) in [6.07, 6.45) is 3.52.